The Morgan fingerprint density at radius 3 is 2.42 bits per heavy atom. The molecule has 0 bridgehead atoms. The summed E-state index contributed by atoms with van der Waals surface area (Å²) in [5.41, 5.74) is 6.78. The fourth-order valence-electron chi connectivity index (χ4n) is 8.40. The number of imidazole rings is 1. The maximum Gasteiger partial charge on any atom is 0.248 e. The van der Waals surface area contributed by atoms with Crippen LogP contribution in [0.1, 0.15) is 90.6 Å². The number of rotatable bonds is 18. The molecule has 12 nitrogen and oxygen atoms in total. The van der Waals surface area contributed by atoms with Crippen LogP contribution in [-0.4, -0.2) is 81.5 Å². The summed E-state index contributed by atoms with van der Waals surface area (Å²) in [4.78, 5) is 58.3. The molecule has 2 aliphatic carbocycles. The lowest BCUT2D eigenvalue weighted by molar-refractivity contribution is -0.140. The van der Waals surface area contributed by atoms with Gasteiger partial charge in [0.15, 0.2) is 0 Å². The third kappa shape index (κ3) is 11.2. The van der Waals surface area contributed by atoms with Crippen LogP contribution in [0.5, 0.6) is 0 Å². The summed E-state index contributed by atoms with van der Waals surface area (Å²) >= 11 is 0. The van der Waals surface area contributed by atoms with Gasteiger partial charge in [0.1, 0.15) is 24.1 Å². The van der Waals surface area contributed by atoms with Crippen molar-refractivity contribution in [3.05, 3.63) is 77.8 Å². The van der Waals surface area contributed by atoms with Crippen LogP contribution in [0.15, 0.2) is 54.7 Å². The fraction of sp³-hybridized carbons (Fsp3) is 0.558. The summed E-state index contributed by atoms with van der Waals surface area (Å²) in [5.74, 6) is -0.656. The minimum Gasteiger partial charge on any atom is -0.387 e. The Labute approximate surface area is 334 Å². The highest BCUT2D eigenvalue weighted by atomic mass is 19.1. The molecule has 2 fully saturated rings. The molecule has 4 amide bonds. The second-order valence-corrected chi connectivity index (χ2v) is 16.8. The topological polar surface area (TPSA) is 172 Å². The van der Waals surface area contributed by atoms with Crippen molar-refractivity contribution in [3.8, 4) is 11.3 Å². The molecule has 1 aromatic heterocycles. The van der Waals surface area contributed by atoms with E-state index in [9.17, 15) is 28.7 Å². The number of nitrogens with one attached hydrogen (secondary N) is 3. The summed E-state index contributed by atoms with van der Waals surface area (Å²) in [5, 5.41) is 18.9. The molecule has 1 heterocycles. The van der Waals surface area contributed by atoms with Crippen LogP contribution in [0.4, 0.5) is 8.78 Å². The van der Waals surface area contributed by atoms with Gasteiger partial charge in [-0.25, -0.2) is 13.8 Å². The number of aromatic nitrogens is 2. The zero-order valence-corrected chi connectivity index (χ0v) is 33.8. The summed E-state index contributed by atoms with van der Waals surface area (Å²) in [6.07, 6.45) is 4.94. The lowest BCUT2D eigenvalue weighted by Crippen LogP contribution is -2.49. The standard InChI is InChI=1S/C43H59F2N7O5/c1-6-31-26(2)32(31)22-37(54)47-17-18-48-41(56)28-12-14-30(20-28)49-42(57)35(46)16-19-52(38(55)25-53)39(43(3,4)5)40-50-36(33-21-29(44)13-15-34(33)45)24-51(40)23-27-10-8-7-9-11-27/h7-11,13,15,21,24,26,28,30-32,35,39,53H,6,12,14,16-20,22-23,25,46H2,1-5H3,(H,47,54)(H,48,56)(H,49,57)/t26?,28-,30+,31?,32?,35-,39-/m0/s1. The second kappa shape index (κ2) is 19.2. The van der Waals surface area contributed by atoms with E-state index < -0.39 is 47.6 Å². The van der Waals surface area contributed by atoms with E-state index in [1.165, 1.54) is 4.90 Å². The van der Waals surface area contributed by atoms with E-state index in [2.05, 4.69) is 29.8 Å². The molecule has 57 heavy (non-hydrogen) atoms. The number of hydrogen-bond donors (Lipinski definition) is 5. The third-order valence-corrected chi connectivity index (χ3v) is 11.6. The van der Waals surface area contributed by atoms with Gasteiger partial charge in [0.2, 0.25) is 23.6 Å². The molecule has 0 saturated heterocycles. The lowest BCUT2D eigenvalue weighted by Gasteiger charge is -2.40. The van der Waals surface area contributed by atoms with Crippen LogP contribution in [-0.2, 0) is 25.7 Å². The highest BCUT2D eigenvalue weighted by molar-refractivity contribution is 5.83. The van der Waals surface area contributed by atoms with E-state index in [1.54, 1.807) is 10.8 Å². The summed E-state index contributed by atoms with van der Waals surface area (Å²) in [6, 6.07) is 10.6. The molecule has 6 N–H and O–H groups in total. The van der Waals surface area contributed by atoms with Crippen molar-refractivity contribution in [2.24, 2.45) is 34.8 Å². The Morgan fingerprint density at radius 2 is 1.75 bits per heavy atom. The molecule has 310 valence electrons. The average Bonchev–Trinajstić information content (AvgIpc) is 3.46. The first kappa shape index (κ1) is 43.4. The minimum atomic E-state index is -1.01. The number of halogens is 2. The number of carbonyl (C=O) groups is 4. The molecule has 5 rings (SSSR count). The number of carbonyl (C=O) groups excluding carboxylic acids is 4. The van der Waals surface area contributed by atoms with E-state index in [0.717, 1.165) is 30.2 Å². The van der Waals surface area contributed by atoms with Crippen molar-refractivity contribution in [2.75, 3.05) is 26.2 Å². The van der Waals surface area contributed by atoms with Crippen LogP contribution in [0.3, 0.4) is 0 Å². The maximum absolute atomic E-state index is 15.0. The normalized spacial score (nSPS) is 21.4. The highest BCUT2D eigenvalue weighted by Gasteiger charge is 2.45. The maximum atomic E-state index is 15.0. The zero-order chi connectivity index (χ0) is 41.4. The quantitative estimate of drug-likeness (QED) is 0.116. The number of hydrogen-bond acceptors (Lipinski definition) is 7. The van der Waals surface area contributed by atoms with Gasteiger partial charge in [-0.05, 0) is 72.6 Å². The predicted octanol–water partition coefficient (Wildman–Crippen LogP) is 4.70. The van der Waals surface area contributed by atoms with Crippen molar-refractivity contribution in [1.29, 1.82) is 0 Å². The molecule has 3 unspecified atom stereocenters. The number of nitrogens with two attached hydrogens (primary N) is 1. The molecule has 2 aliphatic rings. The molecule has 0 radical (unpaired) electrons. The van der Waals surface area contributed by atoms with Gasteiger partial charge >= 0.3 is 0 Å². The number of amides is 4. The minimum absolute atomic E-state index is 0.0100. The summed E-state index contributed by atoms with van der Waals surface area (Å²) < 4.78 is 31.2. The van der Waals surface area contributed by atoms with Crippen LogP contribution in [0, 0.1) is 40.7 Å². The van der Waals surface area contributed by atoms with E-state index in [-0.39, 0.29) is 48.0 Å². The molecular formula is C43H59F2N7O5. The molecule has 2 saturated carbocycles. The fourth-order valence-corrected chi connectivity index (χ4v) is 8.40. The van der Waals surface area contributed by atoms with Gasteiger partial charge in [0, 0.05) is 56.3 Å². The van der Waals surface area contributed by atoms with Gasteiger partial charge in [-0.1, -0.05) is 71.4 Å². The Morgan fingerprint density at radius 1 is 1.04 bits per heavy atom. The number of aliphatic hydroxyl groups is 1. The van der Waals surface area contributed by atoms with Crippen molar-refractivity contribution in [2.45, 2.75) is 97.8 Å². The molecule has 3 aromatic rings. The number of nitrogens with zero attached hydrogens (tertiary/aromatic N) is 3. The molecular weight excluding hydrogens is 733 g/mol. The Balaban J connectivity index is 1.21. The predicted molar refractivity (Wildman–Crippen MR) is 213 cm³/mol. The third-order valence-electron chi connectivity index (χ3n) is 11.6. The highest BCUT2D eigenvalue weighted by Crippen LogP contribution is 2.50. The van der Waals surface area contributed by atoms with Crippen LogP contribution >= 0.6 is 0 Å². The second-order valence-electron chi connectivity index (χ2n) is 16.8. The lowest BCUT2D eigenvalue weighted by atomic mass is 9.84. The van der Waals surface area contributed by atoms with Crippen molar-refractivity contribution >= 4 is 23.6 Å². The number of benzene rings is 2. The van der Waals surface area contributed by atoms with Crippen LogP contribution in [0.2, 0.25) is 0 Å². The molecule has 7 atom stereocenters. The Bertz CT molecular complexity index is 1870. The number of aliphatic hydroxyl groups excluding tert-OH is 1. The summed E-state index contributed by atoms with van der Waals surface area (Å²) in [7, 11) is 0. The monoisotopic (exact) mass is 791 g/mol. The van der Waals surface area contributed by atoms with Crippen molar-refractivity contribution in [3.63, 3.8) is 0 Å². The van der Waals surface area contributed by atoms with Crippen LogP contribution in [0.25, 0.3) is 11.3 Å². The van der Waals surface area contributed by atoms with Gasteiger partial charge in [0.05, 0.1) is 17.8 Å². The van der Waals surface area contributed by atoms with E-state index in [4.69, 9.17) is 10.7 Å². The first-order valence-electron chi connectivity index (χ1n) is 20.2. The van der Waals surface area contributed by atoms with Gasteiger partial charge in [-0.3, -0.25) is 19.2 Å². The smallest absolute Gasteiger partial charge is 0.248 e. The largest absolute Gasteiger partial charge is 0.387 e. The van der Waals surface area contributed by atoms with Gasteiger partial charge in [-0.15, -0.1) is 0 Å². The first-order valence-corrected chi connectivity index (χ1v) is 20.2. The average molecular weight is 792 g/mol. The first-order chi connectivity index (χ1) is 27.1. The van der Waals surface area contributed by atoms with E-state index in [0.29, 0.717) is 68.9 Å². The summed E-state index contributed by atoms with van der Waals surface area (Å²) in [6.45, 7) is 10.2. The van der Waals surface area contributed by atoms with Crippen molar-refractivity contribution in [1.82, 2.24) is 30.4 Å². The van der Waals surface area contributed by atoms with Crippen LogP contribution < -0.4 is 21.7 Å². The van der Waals surface area contributed by atoms with Gasteiger partial charge in [-0.2, -0.15) is 0 Å². The Kier molecular flexibility index (Phi) is 14.6. The van der Waals surface area contributed by atoms with E-state index in [1.807, 2.05) is 51.1 Å². The molecule has 2 aromatic carbocycles. The Hall–Kier alpha value is -4.69. The zero-order valence-electron chi connectivity index (χ0n) is 33.8. The molecule has 0 aliphatic heterocycles. The van der Waals surface area contributed by atoms with Gasteiger partial charge < -0.3 is 36.3 Å². The van der Waals surface area contributed by atoms with E-state index >= 15 is 4.39 Å². The van der Waals surface area contributed by atoms with Gasteiger partial charge in [0.25, 0.3) is 0 Å². The molecule has 0 spiro atoms. The SMILES string of the molecule is CCC1C(C)C1CC(=O)NCCNC(=O)[C@H]1CC[C@@H](NC(=O)[C@@H](N)CCN(C(=O)CO)[C@@H](c2nc(-c3cc(F)ccc3F)cn2Cc2ccccc2)C(C)(C)C)C1. The van der Waals surface area contributed by atoms with Crippen molar-refractivity contribution < 1.29 is 33.1 Å². The molecule has 14 heteroatoms.